The number of aromatic nitrogens is 1. The third-order valence-electron chi connectivity index (χ3n) is 4.38. The van der Waals surface area contributed by atoms with Crippen LogP contribution in [-0.4, -0.2) is 65.1 Å². The van der Waals surface area contributed by atoms with Gasteiger partial charge in [0, 0.05) is 35.5 Å². The summed E-state index contributed by atoms with van der Waals surface area (Å²) in [7, 11) is 0. The van der Waals surface area contributed by atoms with Crippen LogP contribution in [0.2, 0.25) is 0 Å². The lowest BCUT2D eigenvalue weighted by Gasteiger charge is -2.13. The van der Waals surface area contributed by atoms with E-state index in [1.165, 1.54) is 0 Å². The molecule has 0 radical (unpaired) electrons. The summed E-state index contributed by atoms with van der Waals surface area (Å²) >= 11 is 4.07. The maximum absolute atomic E-state index is 12.4. The molecule has 2 N–H and O–H groups in total. The van der Waals surface area contributed by atoms with Crippen molar-refractivity contribution in [3.8, 4) is 0 Å². The van der Waals surface area contributed by atoms with E-state index in [-0.39, 0.29) is 18.0 Å². The zero-order valence-electron chi connectivity index (χ0n) is 17.7. The Labute approximate surface area is 207 Å². The van der Waals surface area contributed by atoms with Crippen LogP contribution in [0, 0.1) is 0 Å². The average Bonchev–Trinajstić information content (AvgIpc) is 3.09. The molecule has 0 aliphatic carbocycles. The monoisotopic (exact) mass is 546 g/mol. The van der Waals surface area contributed by atoms with Gasteiger partial charge in [-0.2, -0.15) is 0 Å². The Balaban J connectivity index is 1.35. The van der Waals surface area contributed by atoms with Gasteiger partial charge in [-0.3, -0.25) is 33.9 Å². The number of nitrogens with zero attached hydrogens (tertiary/aromatic N) is 2. The van der Waals surface area contributed by atoms with Gasteiger partial charge in [-0.15, -0.1) is 0 Å². The third-order valence-corrected chi connectivity index (χ3v) is 5.81. The second-order valence-corrected chi connectivity index (χ2v) is 8.73. The van der Waals surface area contributed by atoms with Gasteiger partial charge in [0.25, 0.3) is 23.0 Å². The normalized spacial score (nSPS) is 14.3. The molecule has 1 aromatic carbocycles. The zero-order chi connectivity index (χ0) is 24.5. The van der Waals surface area contributed by atoms with E-state index < -0.39 is 42.1 Å². The largest absolute Gasteiger partial charge is 0.454 e. The Morgan fingerprint density at radius 2 is 1.88 bits per heavy atom. The number of halogens is 1. The molecular weight excluding hydrogens is 528 g/mol. The molecule has 2 aromatic rings. The van der Waals surface area contributed by atoms with E-state index in [2.05, 4.69) is 31.5 Å². The van der Waals surface area contributed by atoms with E-state index >= 15 is 0 Å². The van der Waals surface area contributed by atoms with Crippen LogP contribution in [0.5, 0.6) is 0 Å². The summed E-state index contributed by atoms with van der Waals surface area (Å²) in [4.78, 5) is 65.4. The van der Waals surface area contributed by atoms with Crippen molar-refractivity contribution in [2.45, 2.75) is 0 Å². The SMILES string of the molecule is O=C(COC(=O)CNC(=O)c1ccc(Br)cc1)NCCN1C(=O)S/C(=C\c2cccnc2)C1=O. The maximum Gasteiger partial charge on any atom is 0.325 e. The smallest absolute Gasteiger partial charge is 0.325 e. The topological polar surface area (TPSA) is 135 Å². The van der Waals surface area contributed by atoms with Crippen LogP contribution >= 0.6 is 27.7 Å². The molecule has 2 heterocycles. The second kappa shape index (κ2) is 12.1. The molecule has 34 heavy (non-hydrogen) atoms. The van der Waals surface area contributed by atoms with Crippen LogP contribution in [0.4, 0.5) is 4.79 Å². The van der Waals surface area contributed by atoms with Crippen LogP contribution < -0.4 is 10.6 Å². The number of carbonyl (C=O) groups excluding carboxylic acids is 5. The molecule has 1 aliphatic rings. The van der Waals surface area contributed by atoms with Crippen LogP contribution in [0.15, 0.2) is 58.2 Å². The summed E-state index contributed by atoms with van der Waals surface area (Å²) < 4.78 is 5.63. The quantitative estimate of drug-likeness (QED) is 0.360. The van der Waals surface area contributed by atoms with Crippen molar-refractivity contribution in [1.82, 2.24) is 20.5 Å². The number of rotatable bonds is 9. The van der Waals surface area contributed by atoms with Crippen molar-refractivity contribution < 1.29 is 28.7 Å². The van der Waals surface area contributed by atoms with E-state index in [4.69, 9.17) is 4.74 Å². The first-order chi connectivity index (χ1) is 16.3. The molecule has 1 saturated heterocycles. The predicted octanol–water partition coefficient (Wildman–Crippen LogP) is 1.97. The zero-order valence-corrected chi connectivity index (χ0v) is 20.1. The van der Waals surface area contributed by atoms with Crippen LogP contribution in [-0.2, 0) is 19.1 Å². The van der Waals surface area contributed by atoms with Crippen molar-refractivity contribution in [3.05, 3.63) is 69.3 Å². The number of esters is 1. The lowest BCUT2D eigenvalue weighted by atomic mass is 10.2. The summed E-state index contributed by atoms with van der Waals surface area (Å²) in [5.41, 5.74) is 1.06. The molecule has 1 aromatic heterocycles. The van der Waals surface area contributed by atoms with Gasteiger partial charge in [0.1, 0.15) is 6.54 Å². The van der Waals surface area contributed by atoms with Gasteiger partial charge in [0.2, 0.25) is 0 Å². The van der Waals surface area contributed by atoms with Crippen molar-refractivity contribution in [3.63, 3.8) is 0 Å². The molecule has 176 valence electrons. The minimum Gasteiger partial charge on any atom is -0.454 e. The van der Waals surface area contributed by atoms with E-state index in [1.807, 2.05) is 0 Å². The second-order valence-electron chi connectivity index (χ2n) is 6.82. The number of benzene rings is 1. The maximum atomic E-state index is 12.4. The van der Waals surface area contributed by atoms with Crippen LogP contribution in [0.3, 0.4) is 0 Å². The highest BCUT2D eigenvalue weighted by molar-refractivity contribution is 9.10. The van der Waals surface area contributed by atoms with E-state index in [9.17, 15) is 24.0 Å². The number of thioether (sulfide) groups is 1. The Morgan fingerprint density at radius 1 is 1.12 bits per heavy atom. The Morgan fingerprint density at radius 3 is 2.59 bits per heavy atom. The summed E-state index contributed by atoms with van der Waals surface area (Å²) in [5, 5.41) is 4.43. The number of amides is 4. The van der Waals surface area contributed by atoms with Gasteiger partial charge < -0.3 is 15.4 Å². The van der Waals surface area contributed by atoms with Crippen molar-refractivity contribution >= 4 is 62.7 Å². The van der Waals surface area contributed by atoms with Gasteiger partial charge in [0.15, 0.2) is 6.61 Å². The highest BCUT2D eigenvalue weighted by Crippen LogP contribution is 2.31. The summed E-state index contributed by atoms with van der Waals surface area (Å²) in [6.45, 7) is -0.995. The predicted molar refractivity (Wildman–Crippen MR) is 127 cm³/mol. The standard InChI is InChI=1S/C22H19BrN4O6S/c23-16-5-3-15(4-6-16)20(30)26-12-19(29)33-13-18(28)25-8-9-27-21(31)17(34-22(27)32)10-14-2-1-7-24-11-14/h1-7,10-11H,8-9,12-13H2,(H,25,28)(H,26,30)/b17-10-. The van der Waals surface area contributed by atoms with Gasteiger partial charge in [0.05, 0.1) is 4.91 Å². The van der Waals surface area contributed by atoms with Gasteiger partial charge >= 0.3 is 5.97 Å². The highest BCUT2D eigenvalue weighted by atomic mass is 79.9. The summed E-state index contributed by atoms with van der Waals surface area (Å²) in [6.07, 6.45) is 4.75. The molecule has 0 atom stereocenters. The van der Waals surface area contributed by atoms with E-state index in [1.54, 1.807) is 54.9 Å². The first-order valence-electron chi connectivity index (χ1n) is 9.95. The summed E-state index contributed by atoms with van der Waals surface area (Å²) in [6, 6.07) is 10.0. The molecule has 1 fully saturated rings. The lowest BCUT2D eigenvalue weighted by Crippen LogP contribution is -2.39. The summed E-state index contributed by atoms with van der Waals surface area (Å²) in [5.74, 6) is -2.30. The lowest BCUT2D eigenvalue weighted by molar-refractivity contribution is -0.147. The van der Waals surface area contributed by atoms with Crippen LogP contribution in [0.1, 0.15) is 15.9 Å². The molecule has 1 aliphatic heterocycles. The molecule has 0 unspecified atom stereocenters. The molecular formula is C22H19BrN4O6S. The molecule has 4 amide bonds. The fourth-order valence-corrected chi connectivity index (χ4v) is 3.85. The van der Waals surface area contributed by atoms with Crippen LogP contribution in [0.25, 0.3) is 6.08 Å². The molecule has 0 bridgehead atoms. The Hall–Kier alpha value is -3.51. The molecule has 12 heteroatoms. The van der Waals surface area contributed by atoms with E-state index in [0.717, 1.165) is 21.1 Å². The van der Waals surface area contributed by atoms with E-state index in [0.29, 0.717) is 11.1 Å². The number of nitrogens with one attached hydrogen (secondary N) is 2. The van der Waals surface area contributed by atoms with Gasteiger partial charge in [-0.05, 0) is 53.7 Å². The Bertz CT molecular complexity index is 1120. The first kappa shape index (κ1) is 25.1. The first-order valence-corrected chi connectivity index (χ1v) is 11.6. The minimum absolute atomic E-state index is 0.00506. The molecule has 0 saturated carbocycles. The molecule has 3 rings (SSSR count). The number of ether oxygens (including phenoxy) is 1. The third kappa shape index (κ3) is 7.25. The fraction of sp³-hybridized carbons (Fsp3) is 0.182. The van der Waals surface area contributed by atoms with Crippen molar-refractivity contribution in [2.75, 3.05) is 26.2 Å². The number of carbonyl (C=O) groups is 5. The number of pyridine rings is 1. The molecule has 0 spiro atoms. The van der Waals surface area contributed by atoms with Crippen molar-refractivity contribution in [1.29, 1.82) is 0 Å². The minimum atomic E-state index is -0.785. The number of imide groups is 1. The van der Waals surface area contributed by atoms with Gasteiger partial charge in [-0.25, -0.2) is 0 Å². The van der Waals surface area contributed by atoms with Gasteiger partial charge in [-0.1, -0.05) is 22.0 Å². The number of hydrogen-bond donors (Lipinski definition) is 2. The number of hydrogen-bond acceptors (Lipinski definition) is 8. The Kier molecular flexibility index (Phi) is 8.93. The van der Waals surface area contributed by atoms with Crippen molar-refractivity contribution in [2.24, 2.45) is 0 Å². The fourth-order valence-electron chi connectivity index (χ4n) is 2.72. The highest BCUT2D eigenvalue weighted by Gasteiger charge is 2.34. The molecule has 10 nitrogen and oxygen atoms in total. The average molecular weight is 547 g/mol.